The molecule has 144 valence electrons. The van der Waals surface area contributed by atoms with Crippen molar-refractivity contribution in [3.05, 3.63) is 47.7 Å². The van der Waals surface area contributed by atoms with Crippen LogP contribution in [0.15, 0.2) is 36.5 Å². The van der Waals surface area contributed by atoms with Crippen molar-refractivity contribution in [3.63, 3.8) is 0 Å². The summed E-state index contributed by atoms with van der Waals surface area (Å²) in [5, 5.41) is 3.29. The number of amides is 1. The van der Waals surface area contributed by atoms with Gasteiger partial charge >= 0.3 is 0 Å². The topological polar surface area (TPSA) is 72.9 Å². The maximum Gasteiger partial charge on any atom is 0.257 e. The van der Waals surface area contributed by atoms with Crippen LogP contribution in [0.4, 0.5) is 5.82 Å². The number of pyridine rings is 1. The van der Waals surface area contributed by atoms with Crippen molar-refractivity contribution in [2.24, 2.45) is 0 Å². The maximum absolute atomic E-state index is 12.8. The molecule has 0 saturated carbocycles. The number of hydrogen-bond donors (Lipinski definition) is 1. The number of nitrogens with one attached hydrogen (secondary N) is 1. The molecule has 1 N–H and O–H groups in total. The summed E-state index contributed by atoms with van der Waals surface area (Å²) in [5.74, 6) is 2.00. The fourth-order valence-corrected chi connectivity index (χ4v) is 3.02. The Morgan fingerprint density at radius 3 is 2.70 bits per heavy atom. The first-order valence-corrected chi connectivity index (χ1v) is 8.99. The second-order valence-corrected chi connectivity index (χ2v) is 6.17. The molecule has 0 bridgehead atoms. The quantitative estimate of drug-likeness (QED) is 0.805. The number of carbonyl (C=O) groups excluding carboxylic acids is 1. The highest BCUT2D eigenvalue weighted by Crippen LogP contribution is 2.27. The van der Waals surface area contributed by atoms with Gasteiger partial charge in [0.15, 0.2) is 11.5 Å². The number of carbonyl (C=O) groups is 1. The molecule has 3 rings (SSSR count). The standard InChI is InChI=1S/C20H25N3O4/c1-25-17-6-5-15(14-18(17)26-2)7-9-22-19-16(4-3-8-21-19)20(24)23-10-12-27-13-11-23/h3-6,8,14H,7,9-13H2,1-2H3,(H,21,22). The van der Waals surface area contributed by atoms with Crippen molar-refractivity contribution >= 4 is 11.7 Å². The van der Waals surface area contributed by atoms with Crippen molar-refractivity contribution in [2.45, 2.75) is 6.42 Å². The van der Waals surface area contributed by atoms with Crippen LogP contribution < -0.4 is 14.8 Å². The maximum atomic E-state index is 12.8. The fraction of sp³-hybridized carbons (Fsp3) is 0.400. The minimum atomic E-state index is -0.0139. The van der Waals surface area contributed by atoms with Crippen LogP contribution in [-0.4, -0.2) is 62.9 Å². The van der Waals surface area contributed by atoms with Crippen LogP contribution in [0.1, 0.15) is 15.9 Å². The van der Waals surface area contributed by atoms with Crippen LogP contribution in [0.5, 0.6) is 11.5 Å². The van der Waals surface area contributed by atoms with E-state index in [1.54, 1.807) is 31.4 Å². The molecule has 0 radical (unpaired) electrons. The molecule has 1 saturated heterocycles. The Balaban J connectivity index is 1.64. The number of ether oxygens (including phenoxy) is 3. The van der Waals surface area contributed by atoms with Gasteiger partial charge in [-0.3, -0.25) is 4.79 Å². The van der Waals surface area contributed by atoms with Gasteiger partial charge in [-0.1, -0.05) is 6.07 Å². The largest absolute Gasteiger partial charge is 0.493 e. The molecule has 0 atom stereocenters. The van der Waals surface area contributed by atoms with E-state index in [1.807, 2.05) is 24.3 Å². The second kappa shape index (κ2) is 9.23. The van der Waals surface area contributed by atoms with E-state index < -0.39 is 0 Å². The third-order valence-electron chi connectivity index (χ3n) is 4.49. The Labute approximate surface area is 159 Å². The molecule has 1 aromatic heterocycles. The fourth-order valence-electron chi connectivity index (χ4n) is 3.02. The Morgan fingerprint density at radius 1 is 1.19 bits per heavy atom. The van der Waals surface area contributed by atoms with E-state index in [-0.39, 0.29) is 5.91 Å². The molecule has 1 aliphatic rings. The summed E-state index contributed by atoms with van der Waals surface area (Å²) in [7, 11) is 3.24. The molecule has 1 amide bonds. The van der Waals surface area contributed by atoms with Crippen LogP contribution in [0.3, 0.4) is 0 Å². The molecule has 7 nitrogen and oxygen atoms in total. The predicted molar refractivity (Wildman–Crippen MR) is 103 cm³/mol. The van der Waals surface area contributed by atoms with Crippen LogP contribution in [0.25, 0.3) is 0 Å². The molecule has 27 heavy (non-hydrogen) atoms. The molecule has 0 aliphatic carbocycles. The van der Waals surface area contributed by atoms with Gasteiger partial charge in [0.2, 0.25) is 0 Å². The lowest BCUT2D eigenvalue weighted by molar-refractivity contribution is 0.0303. The van der Waals surface area contributed by atoms with Gasteiger partial charge in [-0.2, -0.15) is 0 Å². The number of nitrogens with zero attached hydrogens (tertiary/aromatic N) is 2. The molecule has 0 spiro atoms. The molecule has 2 heterocycles. The molecular formula is C20H25N3O4. The van der Waals surface area contributed by atoms with Gasteiger partial charge in [0, 0.05) is 25.8 Å². The van der Waals surface area contributed by atoms with Crippen LogP contribution in [0, 0.1) is 0 Å². The van der Waals surface area contributed by atoms with Crippen LogP contribution >= 0.6 is 0 Å². The number of aromatic nitrogens is 1. The number of benzene rings is 1. The highest BCUT2D eigenvalue weighted by molar-refractivity contribution is 5.98. The number of rotatable bonds is 7. The van der Waals surface area contributed by atoms with Gasteiger partial charge in [0.25, 0.3) is 5.91 Å². The van der Waals surface area contributed by atoms with Crippen molar-refractivity contribution in [2.75, 3.05) is 52.4 Å². The minimum absolute atomic E-state index is 0.0139. The van der Waals surface area contributed by atoms with Crippen LogP contribution in [0.2, 0.25) is 0 Å². The first-order chi connectivity index (χ1) is 13.2. The van der Waals surface area contributed by atoms with Gasteiger partial charge in [-0.25, -0.2) is 4.98 Å². The third-order valence-corrected chi connectivity index (χ3v) is 4.49. The van der Waals surface area contributed by atoms with E-state index in [2.05, 4.69) is 10.3 Å². The summed E-state index contributed by atoms with van der Waals surface area (Å²) in [6, 6.07) is 9.44. The van der Waals surface area contributed by atoms with Gasteiger partial charge in [0.1, 0.15) is 5.82 Å². The molecule has 2 aromatic rings. The summed E-state index contributed by atoms with van der Waals surface area (Å²) in [4.78, 5) is 18.9. The van der Waals surface area contributed by atoms with E-state index >= 15 is 0 Å². The van der Waals surface area contributed by atoms with E-state index in [4.69, 9.17) is 14.2 Å². The minimum Gasteiger partial charge on any atom is -0.493 e. The Morgan fingerprint density at radius 2 is 1.96 bits per heavy atom. The van der Waals surface area contributed by atoms with Gasteiger partial charge in [-0.15, -0.1) is 0 Å². The number of morpholine rings is 1. The first kappa shape index (κ1) is 19.0. The van der Waals surface area contributed by atoms with Crippen molar-refractivity contribution < 1.29 is 19.0 Å². The summed E-state index contributed by atoms with van der Waals surface area (Å²) in [5.41, 5.74) is 1.70. The molecule has 7 heteroatoms. The van der Waals surface area contributed by atoms with Crippen molar-refractivity contribution in [1.82, 2.24) is 9.88 Å². The zero-order valence-electron chi connectivity index (χ0n) is 15.7. The predicted octanol–water partition coefficient (Wildman–Crippen LogP) is 2.23. The average Bonchev–Trinajstić information content (AvgIpc) is 2.74. The summed E-state index contributed by atoms with van der Waals surface area (Å²) < 4.78 is 15.9. The van der Waals surface area contributed by atoms with Gasteiger partial charge in [0.05, 0.1) is 33.0 Å². The number of anilines is 1. The normalized spacial score (nSPS) is 13.9. The van der Waals surface area contributed by atoms with Gasteiger partial charge in [-0.05, 0) is 36.2 Å². The SMILES string of the molecule is COc1ccc(CCNc2ncccc2C(=O)N2CCOCC2)cc1OC. The molecule has 0 unspecified atom stereocenters. The van der Waals surface area contributed by atoms with E-state index in [0.717, 1.165) is 12.0 Å². The van der Waals surface area contributed by atoms with Crippen molar-refractivity contribution in [1.29, 1.82) is 0 Å². The molecule has 1 aliphatic heterocycles. The van der Waals surface area contributed by atoms with E-state index in [9.17, 15) is 4.79 Å². The molecule has 1 aromatic carbocycles. The smallest absolute Gasteiger partial charge is 0.257 e. The average molecular weight is 371 g/mol. The third kappa shape index (κ3) is 4.68. The van der Waals surface area contributed by atoms with Crippen molar-refractivity contribution in [3.8, 4) is 11.5 Å². The molecule has 1 fully saturated rings. The lowest BCUT2D eigenvalue weighted by Gasteiger charge is -2.27. The lowest BCUT2D eigenvalue weighted by Crippen LogP contribution is -2.41. The summed E-state index contributed by atoms with van der Waals surface area (Å²) in [6.07, 6.45) is 2.46. The Bertz CT molecular complexity index is 776. The van der Waals surface area contributed by atoms with E-state index in [1.165, 1.54) is 0 Å². The first-order valence-electron chi connectivity index (χ1n) is 8.99. The van der Waals surface area contributed by atoms with Gasteiger partial charge < -0.3 is 24.4 Å². The highest BCUT2D eigenvalue weighted by Gasteiger charge is 2.21. The molecular weight excluding hydrogens is 346 g/mol. The Hall–Kier alpha value is -2.80. The summed E-state index contributed by atoms with van der Waals surface area (Å²) in [6.45, 7) is 3.02. The zero-order valence-corrected chi connectivity index (χ0v) is 15.7. The highest BCUT2D eigenvalue weighted by atomic mass is 16.5. The number of methoxy groups -OCH3 is 2. The van der Waals surface area contributed by atoms with Crippen LogP contribution in [-0.2, 0) is 11.2 Å². The number of hydrogen-bond acceptors (Lipinski definition) is 6. The van der Waals surface area contributed by atoms with E-state index in [0.29, 0.717) is 55.7 Å². The second-order valence-electron chi connectivity index (χ2n) is 6.17. The summed E-state index contributed by atoms with van der Waals surface area (Å²) >= 11 is 0. The lowest BCUT2D eigenvalue weighted by atomic mass is 10.1. The Kier molecular flexibility index (Phi) is 6.49. The zero-order chi connectivity index (χ0) is 19.1. The monoisotopic (exact) mass is 371 g/mol.